The maximum absolute atomic E-state index is 11.7. The number of urea groups is 1. The van der Waals surface area contributed by atoms with Gasteiger partial charge < -0.3 is 10.0 Å². The molecule has 0 aromatic carbocycles. The lowest BCUT2D eigenvalue weighted by Crippen LogP contribution is -2.33. The van der Waals surface area contributed by atoms with Gasteiger partial charge >= 0.3 is 12.0 Å². The average Bonchev–Trinajstić information content (AvgIpc) is 2.36. The number of nitrogens with zero attached hydrogens (tertiary/aromatic N) is 2. The quantitative estimate of drug-likeness (QED) is 0.796. The number of rotatable bonds is 5. The normalized spacial score (nSPS) is 9.89. The molecule has 0 aliphatic rings. The molecule has 1 heterocycles. The minimum Gasteiger partial charge on any atom is -0.481 e. The van der Waals surface area contributed by atoms with Gasteiger partial charge in [-0.15, -0.1) is 11.8 Å². The monoisotopic (exact) mass is 269 g/mol. The standard InChI is InChI=1S/C11H15N3O3S/c1-14(6-5-10(15)16)11(17)13-9-4-3-8(18-2)7-12-9/h3-4,7H,5-6H2,1-2H3,(H,15,16)(H,12,13,17). The summed E-state index contributed by atoms with van der Waals surface area (Å²) < 4.78 is 0. The highest BCUT2D eigenvalue weighted by atomic mass is 32.2. The van der Waals surface area contributed by atoms with Crippen LogP contribution in [-0.4, -0.2) is 46.8 Å². The Morgan fingerprint density at radius 2 is 2.22 bits per heavy atom. The summed E-state index contributed by atoms with van der Waals surface area (Å²) in [4.78, 5) is 28.4. The van der Waals surface area contributed by atoms with E-state index < -0.39 is 5.97 Å². The molecule has 6 nitrogen and oxygen atoms in total. The highest BCUT2D eigenvalue weighted by Gasteiger charge is 2.10. The number of thioether (sulfide) groups is 1. The molecule has 1 rings (SSSR count). The molecular weight excluding hydrogens is 254 g/mol. The van der Waals surface area contributed by atoms with E-state index in [2.05, 4.69) is 10.3 Å². The molecule has 0 spiro atoms. The van der Waals surface area contributed by atoms with E-state index in [4.69, 9.17) is 5.11 Å². The predicted molar refractivity (Wildman–Crippen MR) is 69.9 cm³/mol. The summed E-state index contributed by atoms with van der Waals surface area (Å²) in [5.74, 6) is -0.489. The Morgan fingerprint density at radius 3 is 2.72 bits per heavy atom. The van der Waals surface area contributed by atoms with Crippen molar-refractivity contribution in [3.63, 3.8) is 0 Å². The third-order valence-corrected chi connectivity index (χ3v) is 2.93. The maximum Gasteiger partial charge on any atom is 0.322 e. The van der Waals surface area contributed by atoms with Crippen LogP contribution in [0.5, 0.6) is 0 Å². The first-order valence-corrected chi connectivity index (χ1v) is 6.49. The summed E-state index contributed by atoms with van der Waals surface area (Å²) in [5.41, 5.74) is 0. The predicted octanol–water partition coefficient (Wildman–Crippen LogP) is 1.74. The fourth-order valence-electron chi connectivity index (χ4n) is 1.14. The Labute approximate surface area is 109 Å². The van der Waals surface area contributed by atoms with Crippen LogP contribution in [0, 0.1) is 0 Å². The first kappa shape index (κ1) is 14.3. The zero-order chi connectivity index (χ0) is 13.5. The number of aromatic nitrogens is 1. The van der Waals surface area contributed by atoms with E-state index in [1.807, 2.05) is 12.3 Å². The molecule has 0 saturated carbocycles. The molecule has 0 unspecified atom stereocenters. The number of carboxylic acid groups (broad SMARTS) is 1. The second-order valence-electron chi connectivity index (χ2n) is 3.58. The average molecular weight is 269 g/mol. The number of aliphatic carboxylic acids is 1. The van der Waals surface area contributed by atoms with E-state index in [0.717, 1.165) is 4.90 Å². The fourth-order valence-corrected chi connectivity index (χ4v) is 1.51. The third-order valence-electron chi connectivity index (χ3n) is 2.21. The number of carbonyl (C=O) groups is 2. The Balaban J connectivity index is 2.49. The number of hydrogen-bond donors (Lipinski definition) is 2. The van der Waals surface area contributed by atoms with Crippen LogP contribution in [0.2, 0.25) is 0 Å². The van der Waals surface area contributed by atoms with Gasteiger partial charge in [0, 0.05) is 24.7 Å². The molecule has 18 heavy (non-hydrogen) atoms. The first-order valence-electron chi connectivity index (χ1n) is 5.27. The number of amides is 2. The van der Waals surface area contributed by atoms with Crippen LogP contribution in [0.25, 0.3) is 0 Å². The van der Waals surface area contributed by atoms with Gasteiger partial charge in [-0.25, -0.2) is 9.78 Å². The molecule has 0 saturated heterocycles. The van der Waals surface area contributed by atoms with E-state index in [1.165, 1.54) is 11.9 Å². The van der Waals surface area contributed by atoms with E-state index in [-0.39, 0.29) is 19.0 Å². The van der Waals surface area contributed by atoms with E-state index in [9.17, 15) is 9.59 Å². The molecule has 2 N–H and O–H groups in total. The molecule has 2 amide bonds. The largest absolute Gasteiger partial charge is 0.481 e. The van der Waals surface area contributed by atoms with Gasteiger partial charge in [-0.2, -0.15) is 0 Å². The molecule has 0 fully saturated rings. The van der Waals surface area contributed by atoms with Gasteiger partial charge in [-0.3, -0.25) is 10.1 Å². The minimum absolute atomic E-state index is 0.0806. The molecule has 7 heteroatoms. The zero-order valence-electron chi connectivity index (χ0n) is 10.2. The van der Waals surface area contributed by atoms with Crippen LogP contribution in [-0.2, 0) is 4.79 Å². The lowest BCUT2D eigenvalue weighted by atomic mass is 10.4. The van der Waals surface area contributed by atoms with Gasteiger partial charge in [0.1, 0.15) is 5.82 Å². The number of hydrogen-bond acceptors (Lipinski definition) is 4. The van der Waals surface area contributed by atoms with Gasteiger partial charge in [0.25, 0.3) is 0 Å². The summed E-state index contributed by atoms with van der Waals surface area (Å²) in [6.07, 6.45) is 3.52. The summed E-state index contributed by atoms with van der Waals surface area (Å²) in [7, 11) is 1.54. The number of carboxylic acids is 1. The van der Waals surface area contributed by atoms with Gasteiger partial charge in [0.15, 0.2) is 0 Å². The molecule has 1 aromatic heterocycles. The minimum atomic E-state index is -0.933. The lowest BCUT2D eigenvalue weighted by molar-refractivity contribution is -0.137. The molecule has 1 aromatic rings. The van der Waals surface area contributed by atoms with Crippen LogP contribution in [0.1, 0.15) is 6.42 Å². The molecule has 0 aliphatic heterocycles. The van der Waals surface area contributed by atoms with Crippen molar-refractivity contribution in [3.05, 3.63) is 18.3 Å². The number of carbonyl (C=O) groups excluding carboxylic acids is 1. The van der Waals surface area contributed by atoms with Crippen LogP contribution in [0.15, 0.2) is 23.2 Å². The molecular formula is C11H15N3O3S. The highest BCUT2D eigenvalue weighted by Crippen LogP contribution is 2.14. The first-order chi connectivity index (χ1) is 8.52. The summed E-state index contributed by atoms with van der Waals surface area (Å²) in [6.45, 7) is 0.157. The Morgan fingerprint density at radius 1 is 1.50 bits per heavy atom. The van der Waals surface area contributed by atoms with Gasteiger partial charge in [0.2, 0.25) is 0 Å². The Bertz CT molecular complexity index is 422. The van der Waals surface area contributed by atoms with Crippen molar-refractivity contribution in [2.24, 2.45) is 0 Å². The fraction of sp³-hybridized carbons (Fsp3) is 0.364. The molecule has 98 valence electrons. The second kappa shape index (κ2) is 6.85. The van der Waals surface area contributed by atoms with Crippen LogP contribution < -0.4 is 5.32 Å². The SMILES string of the molecule is CSc1ccc(NC(=O)N(C)CCC(=O)O)nc1. The number of pyridine rings is 1. The Kier molecular flexibility index (Phi) is 5.44. The topological polar surface area (TPSA) is 82.5 Å². The summed E-state index contributed by atoms with van der Waals surface area (Å²) in [5, 5.41) is 11.1. The molecule has 0 atom stereocenters. The maximum atomic E-state index is 11.7. The van der Waals surface area contributed by atoms with Crippen LogP contribution in [0.3, 0.4) is 0 Å². The van der Waals surface area contributed by atoms with Crippen molar-refractivity contribution in [3.8, 4) is 0 Å². The van der Waals surface area contributed by atoms with Crippen molar-refractivity contribution >= 4 is 29.6 Å². The van der Waals surface area contributed by atoms with E-state index in [0.29, 0.717) is 5.82 Å². The van der Waals surface area contributed by atoms with Crippen molar-refractivity contribution in [1.29, 1.82) is 0 Å². The van der Waals surface area contributed by atoms with Gasteiger partial charge in [-0.1, -0.05) is 0 Å². The van der Waals surface area contributed by atoms with Gasteiger partial charge in [-0.05, 0) is 18.4 Å². The molecule has 0 bridgehead atoms. The summed E-state index contributed by atoms with van der Waals surface area (Å²) >= 11 is 1.56. The molecule has 0 radical (unpaired) electrons. The van der Waals surface area contributed by atoms with Crippen molar-refractivity contribution in [2.75, 3.05) is 25.2 Å². The number of nitrogens with one attached hydrogen (secondary N) is 1. The van der Waals surface area contributed by atoms with Crippen molar-refractivity contribution in [1.82, 2.24) is 9.88 Å². The second-order valence-corrected chi connectivity index (χ2v) is 4.46. The van der Waals surface area contributed by atoms with Gasteiger partial charge in [0.05, 0.1) is 6.42 Å². The Hall–Kier alpha value is -1.76. The smallest absolute Gasteiger partial charge is 0.322 e. The number of anilines is 1. The van der Waals surface area contributed by atoms with Crippen molar-refractivity contribution < 1.29 is 14.7 Å². The highest BCUT2D eigenvalue weighted by molar-refractivity contribution is 7.98. The summed E-state index contributed by atoms with van der Waals surface area (Å²) in [6, 6.07) is 3.18. The van der Waals surface area contributed by atoms with Crippen LogP contribution >= 0.6 is 11.8 Å². The van der Waals surface area contributed by atoms with E-state index >= 15 is 0 Å². The third kappa shape index (κ3) is 4.62. The van der Waals surface area contributed by atoms with E-state index in [1.54, 1.807) is 24.0 Å². The molecule has 0 aliphatic carbocycles. The van der Waals surface area contributed by atoms with Crippen molar-refractivity contribution in [2.45, 2.75) is 11.3 Å². The zero-order valence-corrected chi connectivity index (χ0v) is 11.0. The lowest BCUT2D eigenvalue weighted by Gasteiger charge is -2.16. The van der Waals surface area contributed by atoms with Crippen LogP contribution in [0.4, 0.5) is 10.6 Å².